The number of nitriles is 1. The molecule has 6 heterocycles. The quantitative estimate of drug-likeness (QED) is 0.331. The lowest BCUT2D eigenvalue weighted by Crippen LogP contribution is -2.37. The van der Waals surface area contributed by atoms with E-state index in [1.165, 1.54) is 0 Å². The lowest BCUT2D eigenvalue weighted by molar-refractivity contribution is 0.250. The van der Waals surface area contributed by atoms with Crippen LogP contribution in [0.15, 0.2) is 67.5 Å². The third-order valence-electron chi connectivity index (χ3n) is 7.85. The van der Waals surface area contributed by atoms with Gasteiger partial charge in [-0.2, -0.15) is 15.5 Å². The summed E-state index contributed by atoms with van der Waals surface area (Å²) in [5, 5.41) is 24.3. The Labute approximate surface area is 235 Å². The Bertz CT molecular complexity index is 1790. The smallest absolute Gasteiger partial charge is 0.319 e. The summed E-state index contributed by atoms with van der Waals surface area (Å²) in [6, 6.07) is 11.7. The number of ether oxygens (including phenoxy) is 1. The molecular weight excluding hydrogens is 520 g/mol. The van der Waals surface area contributed by atoms with Crippen molar-refractivity contribution in [1.29, 1.82) is 5.26 Å². The fraction of sp³-hybridized carbons (Fsp3) is 0.241. The summed E-state index contributed by atoms with van der Waals surface area (Å²) in [6.07, 6.45) is 10.7. The Morgan fingerprint density at radius 3 is 2.51 bits per heavy atom. The van der Waals surface area contributed by atoms with Crippen LogP contribution in [0.3, 0.4) is 0 Å². The van der Waals surface area contributed by atoms with Gasteiger partial charge < -0.3 is 20.3 Å². The number of hydrogen-bond acceptors (Lipinski definition) is 8. The minimum Gasteiger partial charge on any atom is -0.481 e. The van der Waals surface area contributed by atoms with Crippen LogP contribution in [0.2, 0.25) is 0 Å². The highest BCUT2D eigenvalue weighted by atomic mass is 16.5. The first-order chi connectivity index (χ1) is 20.0. The van der Waals surface area contributed by atoms with Crippen molar-refractivity contribution in [2.45, 2.75) is 6.04 Å². The molecule has 12 nitrogen and oxygen atoms in total. The number of aromatic nitrogens is 6. The number of amides is 2. The summed E-state index contributed by atoms with van der Waals surface area (Å²) in [7, 11) is 3.43. The number of hydrogen-bond donors (Lipinski definition) is 2. The standard InChI is InChI=1S/C29H26N10O2/c1-37-13-20(11-33-37)18-7-22(28-19(8-30)10-34-39(28)14-18)17-3-5-25(31-9-17)38-15-23-24(16-38)27(23)36-29(40)35-21-4-6-26(41-2)32-12-21/h3-7,9-14,23-24,27H,15-16H2,1-2H3,(H2,35,36,40)/t23-,24+,27?. The van der Waals surface area contributed by atoms with E-state index in [4.69, 9.17) is 9.72 Å². The van der Waals surface area contributed by atoms with Crippen LogP contribution in [0.25, 0.3) is 27.8 Å². The number of pyridine rings is 3. The lowest BCUT2D eigenvalue weighted by Gasteiger charge is -2.21. The number of methoxy groups -OCH3 is 1. The van der Waals surface area contributed by atoms with Crippen LogP contribution in [-0.4, -0.2) is 61.6 Å². The zero-order chi connectivity index (χ0) is 28.1. The van der Waals surface area contributed by atoms with Crippen molar-refractivity contribution in [3.63, 3.8) is 0 Å². The molecule has 2 aliphatic rings. The second-order valence-electron chi connectivity index (χ2n) is 10.4. The van der Waals surface area contributed by atoms with E-state index >= 15 is 0 Å². The van der Waals surface area contributed by atoms with Crippen LogP contribution in [-0.2, 0) is 7.05 Å². The van der Waals surface area contributed by atoms with E-state index in [9.17, 15) is 10.1 Å². The third-order valence-corrected chi connectivity index (χ3v) is 7.85. The van der Waals surface area contributed by atoms with Crippen LogP contribution in [0.5, 0.6) is 5.88 Å². The van der Waals surface area contributed by atoms with E-state index in [1.807, 2.05) is 44.0 Å². The van der Waals surface area contributed by atoms with Crippen LogP contribution in [0.1, 0.15) is 5.56 Å². The highest BCUT2D eigenvalue weighted by molar-refractivity contribution is 5.90. The van der Waals surface area contributed by atoms with Gasteiger partial charge in [0.05, 0.1) is 42.5 Å². The summed E-state index contributed by atoms with van der Waals surface area (Å²) in [4.78, 5) is 23.6. The van der Waals surface area contributed by atoms with E-state index in [0.29, 0.717) is 29.0 Å². The predicted molar refractivity (Wildman–Crippen MR) is 151 cm³/mol. The maximum atomic E-state index is 12.5. The zero-order valence-corrected chi connectivity index (χ0v) is 22.4. The predicted octanol–water partition coefficient (Wildman–Crippen LogP) is 3.33. The fourth-order valence-corrected chi connectivity index (χ4v) is 5.71. The number of piperidine rings is 1. The van der Waals surface area contributed by atoms with E-state index in [2.05, 4.69) is 42.9 Å². The number of anilines is 2. The summed E-state index contributed by atoms with van der Waals surface area (Å²) in [6.45, 7) is 1.65. The Hall–Kier alpha value is -5.44. The van der Waals surface area contributed by atoms with E-state index < -0.39 is 0 Å². The first-order valence-corrected chi connectivity index (χ1v) is 13.2. The molecule has 0 radical (unpaired) electrons. The first-order valence-electron chi connectivity index (χ1n) is 13.2. The Morgan fingerprint density at radius 2 is 1.85 bits per heavy atom. The molecule has 0 aromatic carbocycles. The van der Waals surface area contributed by atoms with E-state index in [1.54, 1.807) is 40.8 Å². The topological polar surface area (TPSA) is 138 Å². The van der Waals surface area contributed by atoms with Crippen LogP contribution in [0, 0.1) is 23.2 Å². The maximum Gasteiger partial charge on any atom is 0.319 e. The second kappa shape index (κ2) is 9.63. The molecule has 5 aromatic heterocycles. The van der Waals surface area contributed by atoms with Gasteiger partial charge in [0.2, 0.25) is 5.88 Å². The molecule has 204 valence electrons. The Morgan fingerprint density at radius 1 is 1.00 bits per heavy atom. The molecule has 0 spiro atoms. The van der Waals surface area contributed by atoms with Crippen molar-refractivity contribution in [3.05, 3.63) is 73.1 Å². The van der Waals surface area contributed by atoms with Crippen molar-refractivity contribution in [2.24, 2.45) is 18.9 Å². The van der Waals surface area contributed by atoms with E-state index in [-0.39, 0.29) is 12.1 Å². The number of nitrogens with zero attached hydrogens (tertiary/aromatic N) is 8. The lowest BCUT2D eigenvalue weighted by atomic mass is 10.0. The number of nitrogens with one attached hydrogen (secondary N) is 2. The Kier molecular flexibility index (Phi) is 5.78. The minimum atomic E-state index is -0.234. The zero-order valence-electron chi connectivity index (χ0n) is 22.4. The molecular formula is C29H26N10O2. The number of aryl methyl sites for hydroxylation is 1. The molecule has 1 unspecified atom stereocenters. The van der Waals surface area contributed by atoms with Gasteiger partial charge in [0.15, 0.2) is 0 Å². The third kappa shape index (κ3) is 4.47. The molecule has 41 heavy (non-hydrogen) atoms. The van der Waals surface area contributed by atoms with Gasteiger partial charge in [-0.25, -0.2) is 19.3 Å². The molecule has 5 aromatic rings. The van der Waals surface area contributed by atoms with E-state index in [0.717, 1.165) is 46.7 Å². The molecule has 12 heteroatoms. The van der Waals surface area contributed by atoms with Gasteiger partial charge in [-0.05, 0) is 24.3 Å². The Balaban J connectivity index is 1.04. The van der Waals surface area contributed by atoms with Gasteiger partial charge in [0, 0.05) is 84.9 Å². The van der Waals surface area contributed by atoms with Gasteiger partial charge in [-0.3, -0.25) is 4.68 Å². The molecule has 1 saturated heterocycles. The van der Waals surface area contributed by atoms with Gasteiger partial charge in [-0.15, -0.1) is 0 Å². The van der Waals surface area contributed by atoms with Crippen LogP contribution in [0.4, 0.5) is 16.3 Å². The second-order valence-corrected chi connectivity index (χ2v) is 10.4. The van der Waals surface area contributed by atoms with Crippen molar-refractivity contribution < 1.29 is 9.53 Å². The van der Waals surface area contributed by atoms with Crippen molar-refractivity contribution >= 4 is 23.1 Å². The highest BCUT2D eigenvalue weighted by Crippen LogP contribution is 2.46. The van der Waals surface area contributed by atoms with Gasteiger partial charge >= 0.3 is 6.03 Å². The molecule has 7 rings (SSSR count). The molecule has 2 N–H and O–H groups in total. The molecule has 3 atom stereocenters. The van der Waals surface area contributed by atoms with Crippen molar-refractivity contribution in [3.8, 4) is 34.2 Å². The molecule has 0 bridgehead atoms. The van der Waals surface area contributed by atoms with Crippen molar-refractivity contribution in [2.75, 3.05) is 30.4 Å². The summed E-state index contributed by atoms with van der Waals surface area (Å²) in [5.41, 5.74) is 5.55. The molecule has 2 amide bonds. The van der Waals surface area contributed by atoms with Crippen LogP contribution < -0.4 is 20.3 Å². The summed E-state index contributed by atoms with van der Waals surface area (Å²) >= 11 is 0. The van der Waals surface area contributed by atoms with Crippen LogP contribution >= 0.6 is 0 Å². The molecule has 1 aliphatic carbocycles. The average Bonchev–Trinajstić information content (AvgIpc) is 3.45. The number of carbonyl (C=O) groups excluding carboxylic acids is 1. The number of fused-ring (bicyclic) bond motifs is 2. The number of carbonyl (C=O) groups is 1. The van der Waals surface area contributed by atoms with Gasteiger partial charge in [0.1, 0.15) is 11.9 Å². The summed E-state index contributed by atoms with van der Waals surface area (Å²) in [5.74, 6) is 2.16. The molecule has 2 fully saturated rings. The van der Waals surface area contributed by atoms with Crippen molar-refractivity contribution in [1.82, 2.24) is 34.7 Å². The maximum absolute atomic E-state index is 12.5. The summed E-state index contributed by atoms with van der Waals surface area (Å²) < 4.78 is 8.55. The SMILES string of the molecule is COc1ccc(NC(=O)NC2[C@H]3CN(c4ccc(-c5cc(-c6cnn(C)c6)cn6ncc(C#N)c56)cn4)C[C@@H]23)cn1. The fourth-order valence-electron chi connectivity index (χ4n) is 5.71. The monoisotopic (exact) mass is 546 g/mol. The first kappa shape index (κ1) is 24.6. The number of rotatable bonds is 6. The minimum absolute atomic E-state index is 0.145. The molecule has 1 aliphatic heterocycles. The number of urea groups is 1. The normalized spacial score (nSPS) is 19.0. The highest BCUT2D eigenvalue weighted by Gasteiger charge is 2.56. The largest absolute Gasteiger partial charge is 0.481 e. The van der Waals surface area contributed by atoms with Gasteiger partial charge in [-0.1, -0.05) is 0 Å². The molecule has 1 saturated carbocycles. The van der Waals surface area contributed by atoms with Gasteiger partial charge in [0.25, 0.3) is 0 Å². The average molecular weight is 547 g/mol.